The number of nitrogens with zero attached hydrogens (tertiary/aromatic N) is 2. The molecule has 1 aromatic rings. The van der Waals surface area contributed by atoms with E-state index in [2.05, 4.69) is 10.3 Å². The van der Waals surface area contributed by atoms with E-state index in [4.69, 9.17) is 0 Å². The lowest BCUT2D eigenvalue weighted by molar-refractivity contribution is -0.141. The predicted molar refractivity (Wildman–Crippen MR) is 75.0 cm³/mol. The van der Waals surface area contributed by atoms with Crippen LogP contribution in [-0.4, -0.2) is 33.8 Å². The molecule has 1 N–H and O–H groups in total. The maximum Gasteiger partial charge on any atom is 0.252 e. The molecule has 1 saturated heterocycles. The quantitative estimate of drug-likeness (QED) is 0.855. The molecule has 2 amide bonds. The van der Waals surface area contributed by atoms with E-state index in [0.29, 0.717) is 0 Å². The summed E-state index contributed by atoms with van der Waals surface area (Å²) in [4.78, 5) is 30.1. The van der Waals surface area contributed by atoms with Crippen LogP contribution >= 0.6 is 0 Å². The van der Waals surface area contributed by atoms with E-state index in [1.807, 2.05) is 12.1 Å². The third-order valence-corrected chi connectivity index (χ3v) is 4.13. The zero-order chi connectivity index (χ0) is 13.9. The summed E-state index contributed by atoms with van der Waals surface area (Å²) in [6.07, 6.45) is 8.95. The molecule has 2 heterocycles. The highest BCUT2D eigenvalue weighted by Crippen LogP contribution is 2.28. The fourth-order valence-electron chi connectivity index (χ4n) is 3.14. The van der Waals surface area contributed by atoms with E-state index in [-0.39, 0.29) is 24.3 Å². The van der Waals surface area contributed by atoms with Gasteiger partial charge in [0.05, 0.1) is 12.1 Å². The third kappa shape index (κ3) is 2.53. The summed E-state index contributed by atoms with van der Waals surface area (Å²) in [5, 5.41) is 3.12. The molecule has 2 aliphatic rings. The lowest BCUT2D eigenvalue weighted by atomic mass is 9.94. The summed E-state index contributed by atoms with van der Waals surface area (Å²) in [5.74, 6) is -0.117. The van der Waals surface area contributed by atoms with Gasteiger partial charge in [-0.15, -0.1) is 0 Å². The molecule has 1 aliphatic heterocycles. The Morgan fingerprint density at radius 1 is 1.20 bits per heavy atom. The van der Waals surface area contributed by atoms with Crippen molar-refractivity contribution >= 4 is 17.5 Å². The average molecular weight is 273 g/mol. The van der Waals surface area contributed by atoms with E-state index in [1.54, 1.807) is 12.4 Å². The topological polar surface area (TPSA) is 62.3 Å². The fraction of sp³-hybridized carbons (Fsp3) is 0.533. The van der Waals surface area contributed by atoms with Crippen LogP contribution in [0.2, 0.25) is 0 Å². The van der Waals surface area contributed by atoms with Crippen LogP contribution in [0, 0.1) is 0 Å². The molecule has 20 heavy (non-hydrogen) atoms. The van der Waals surface area contributed by atoms with Gasteiger partial charge >= 0.3 is 0 Å². The van der Waals surface area contributed by atoms with Crippen molar-refractivity contribution < 1.29 is 9.59 Å². The molecular weight excluding hydrogens is 254 g/mol. The molecule has 3 rings (SSSR count). The molecule has 1 unspecified atom stereocenters. The minimum Gasteiger partial charge on any atom is -0.372 e. The van der Waals surface area contributed by atoms with Crippen molar-refractivity contribution in [2.24, 2.45) is 0 Å². The zero-order valence-electron chi connectivity index (χ0n) is 11.4. The molecule has 5 heteroatoms. The standard InChI is InChI=1S/C15H19N3O2/c19-14-9-13(17-11-5-4-8-16-10-11)15(20)18(14)12-6-2-1-3-7-12/h4-5,8,10,12-13,17H,1-3,6-7,9H2. The number of carbonyl (C=O) groups excluding carboxylic acids is 2. The first-order valence-corrected chi connectivity index (χ1v) is 7.28. The Hall–Kier alpha value is -1.91. The summed E-state index contributed by atoms with van der Waals surface area (Å²) in [5.41, 5.74) is 0.782. The molecule has 0 spiro atoms. The van der Waals surface area contributed by atoms with E-state index in [0.717, 1.165) is 31.4 Å². The van der Waals surface area contributed by atoms with Gasteiger partial charge in [0.15, 0.2) is 0 Å². The Morgan fingerprint density at radius 3 is 2.70 bits per heavy atom. The van der Waals surface area contributed by atoms with Gasteiger partial charge in [-0.1, -0.05) is 19.3 Å². The van der Waals surface area contributed by atoms with Crippen LogP contribution in [0.3, 0.4) is 0 Å². The van der Waals surface area contributed by atoms with Crippen LogP contribution in [0.15, 0.2) is 24.5 Å². The summed E-state index contributed by atoms with van der Waals surface area (Å²) < 4.78 is 0. The molecule has 5 nitrogen and oxygen atoms in total. The lowest BCUT2D eigenvalue weighted by Gasteiger charge is -2.29. The minimum absolute atomic E-state index is 0.0386. The van der Waals surface area contributed by atoms with Gasteiger partial charge in [-0.3, -0.25) is 19.5 Å². The average Bonchev–Trinajstić information content (AvgIpc) is 2.75. The maximum atomic E-state index is 12.4. The SMILES string of the molecule is O=C1CC(Nc2cccnc2)C(=O)N1C1CCCCC1. The first kappa shape index (κ1) is 13.1. The van der Waals surface area contributed by atoms with Crippen molar-refractivity contribution in [2.45, 2.75) is 50.6 Å². The Morgan fingerprint density at radius 2 is 2.00 bits per heavy atom. The van der Waals surface area contributed by atoms with E-state index in [9.17, 15) is 9.59 Å². The summed E-state index contributed by atoms with van der Waals surface area (Å²) in [7, 11) is 0. The molecule has 1 atom stereocenters. The van der Waals surface area contributed by atoms with Gasteiger partial charge in [-0.2, -0.15) is 0 Å². The second-order valence-electron chi connectivity index (χ2n) is 5.54. The van der Waals surface area contributed by atoms with Gasteiger partial charge in [-0.25, -0.2) is 0 Å². The number of hydrogen-bond acceptors (Lipinski definition) is 4. The van der Waals surface area contributed by atoms with Crippen molar-refractivity contribution in [2.75, 3.05) is 5.32 Å². The first-order valence-electron chi connectivity index (χ1n) is 7.28. The Balaban J connectivity index is 1.70. The van der Waals surface area contributed by atoms with Gasteiger partial charge in [0.25, 0.3) is 5.91 Å². The van der Waals surface area contributed by atoms with Crippen LogP contribution in [0.1, 0.15) is 38.5 Å². The highest BCUT2D eigenvalue weighted by molar-refractivity contribution is 6.07. The molecule has 0 bridgehead atoms. The number of anilines is 1. The maximum absolute atomic E-state index is 12.4. The van der Waals surface area contributed by atoms with Crippen molar-refractivity contribution in [3.05, 3.63) is 24.5 Å². The Labute approximate surface area is 118 Å². The van der Waals surface area contributed by atoms with Crippen LogP contribution in [0.25, 0.3) is 0 Å². The molecule has 1 aliphatic carbocycles. The number of rotatable bonds is 3. The number of aromatic nitrogens is 1. The summed E-state index contributed by atoms with van der Waals surface area (Å²) in [6.45, 7) is 0. The zero-order valence-corrected chi connectivity index (χ0v) is 11.4. The van der Waals surface area contributed by atoms with Crippen LogP contribution in [0.4, 0.5) is 5.69 Å². The number of imide groups is 1. The van der Waals surface area contributed by atoms with Crippen molar-refractivity contribution in [1.29, 1.82) is 0 Å². The van der Waals surface area contributed by atoms with Crippen LogP contribution in [0.5, 0.6) is 0 Å². The lowest BCUT2D eigenvalue weighted by Crippen LogP contribution is -2.43. The second-order valence-corrected chi connectivity index (χ2v) is 5.54. The molecule has 2 fully saturated rings. The van der Waals surface area contributed by atoms with Crippen molar-refractivity contribution in [3.63, 3.8) is 0 Å². The van der Waals surface area contributed by atoms with Crippen molar-refractivity contribution in [3.8, 4) is 0 Å². The monoisotopic (exact) mass is 273 g/mol. The highest BCUT2D eigenvalue weighted by atomic mass is 16.2. The molecule has 106 valence electrons. The normalized spacial score (nSPS) is 24.2. The van der Waals surface area contributed by atoms with Crippen LogP contribution in [-0.2, 0) is 9.59 Å². The summed E-state index contributed by atoms with van der Waals surface area (Å²) in [6, 6.07) is 3.34. The van der Waals surface area contributed by atoms with Gasteiger partial charge < -0.3 is 5.32 Å². The van der Waals surface area contributed by atoms with E-state index in [1.165, 1.54) is 11.3 Å². The third-order valence-electron chi connectivity index (χ3n) is 4.13. The van der Waals surface area contributed by atoms with Crippen molar-refractivity contribution in [1.82, 2.24) is 9.88 Å². The van der Waals surface area contributed by atoms with E-state index < -0.39 is 6.04 Å². The number of carbonyl (C=O) groups is 2. The Bertz CT molecular complexity index is 497. The Kier molecular flexibility index (Phi) is 3.67. The predicted octanol–water partition coefficient (Wildman–Crippen LogP) is 1.95. The smallest absolute Gasteiger partial charge is 0.252 e. The second kappa shape index (κ2) is 5.61. The molecule has 1 saturated carbocycles. The fourth-order valence-corrected chi connectivity index (χ4v) is 3.14. The summed E-state index contributed by atoms with van der Waals surface area (Å²) >= 11 is 0. The molecule has 0 radical (unpaired) electrons. The largest absolute Gasteiger partial charge is 0.372 e. The highest BCUT2D eigenvalue weighted by Gasteiger charge is 2.42. The number of nitrogens with one attached hydrogen (secondary N) is 1. The van der Waals surface area contributed by atoms with Gasteiger partial charge in [0.1, 0.15) is 6.04 Å². The number of pyridine rings is 1. The van der Waals surface area contributed by atoms with E-state index >= 15 is 0 Å². The first-order chi connectivity index (χ1) is 9.75. The minimum atomic E-state index is -0.436. The van der Waals surface area contributed by atoms with Gasteiger partial charge in [0, 0.05) is 18.4 Å². The molecule has 1 aromatic heterocycles. The molecular formula is C15H19N3O2. The van der Waals surface area contributed by atoms with Crippen LogP contribution < -0.4 is 5.32 Å². The number of amides is 2. The number of likely N-dealkylation sites (tertiary alicyclic amines) is 1. The number of hydrogen-bond donors (Lipinski definition) is 1. The van der Waals surface area contributed by atoms with Gasteiger partial charge in [0.2, 0.25) is 5.91 Å². The molecule has 0 aromatic carbocycles. The van der Waals surface area contributed by atoms with Gasteiger partial charge in [-0.05, 0) is 25.0 Å².